The molecule has 1 saturated heterocycles. The first kappa shape index (κ1) is 13.1. The molecule has 4 nitrogen and oxygen atoms in total. The van der Waals surface area contributed by atoms with Crippen molar-refractivity contribution in [3.63, 3.8) is 0 Å². The zero-order chi connectivity index (χ0) is 13.3. The molecular formula is C14H20N2O2. The first-order valence-electron chi connectivity index (χ1n) is 6.73. The first-order valence-corrected chi connectivity index (χ1v) is 6.73. The zero-order valence-corrected chi connectivity index (χ0v) is 11.1. The van der Waals surface area contributed by atoms with Crippen molar-refractivity contribution in [3.8, 4) is 6.07 Å². The Balaban J connectivity index is 1.90. The highest BCUT2D eigenvalue weighted by Gasteiger charge is 2.49. The number of nitriles is 1. The van der Waals surface area contributed by atoms with Crippen molar-refractivity contribution in [2.75, 3.05) is 6.54 Å². The highest BCUT2D eigenvalue weighted by molar-refractivity contribution is 6.05. The van der Waals surface area contributed by atoms with Gasteiger partial charge in [0.2, 0.25) is 11.8 Å². The zero-order valence-electron chi connectivity index (χ0n) is 11.1. The maximum atomic E-state index is 12.1. The Morgan fingerprint density at radius 2 is 1.83 bits per heavy atom. The molecule has 0 aromatic carbocycles. The van der Waals surface area contributed by atoms with Crippen molar-refractivity contribution in [3.05, 3.63) is 0 Å². The summed E-state index contributed by atoms with van der Waals surface area (Å²) in [4.78, 5) is 25.6. The van der Waals surface area contributed by atoms with Crippen LogP contribution >= 0.6 is 0 Å². The van der Waals surface area contributed by atoms with Crippen LogP contribution in [0.1, 0.15) is 46.0 Å². The van der Waals surface area contributed by atoms with Gasteiger partial charge in [0.25, 0.3) is 0 Å². The predicted molar refractivity (Wildman–Crippen MR) is 66.2 cm³/mol. The standard InChI is InChI=1S/C14H20N2O2/c1-14(2,9-15)7-4-8-16-12(17)10-5-3-6-11(10)13(16)18/h10-11H,3-8H2,1-2H3. The number of imide groups is 1. The summed E-state index contributed by atoms with van der Waals surface area (Å²) < 4.78 is 0. The molecule has 1 aliphatic heterocycles. The molecule has 1 saturated carbocycles. The van der Waals surface area contributed by atoms with Crippen LogP contribution in [-0.4, -0.2) is 23.3 Å². The fourth-order valence-electron chi connectivity index (χ4n) is 3.02. The van der Waals surface area contributed by atoms with Gasteiger partial charge in [0.05, 0.1) is 23.3 Å². The lowest BCUT2D eigenvalue weighted by molar-refractivity contribution is -0.140. The van der Waals surface area contributed by atoms with Crippen LogP contribution in [0, 0.1) is 28.6 Å². The molecule has 2 amide bonds. The van der Waals surface area contributed by atoms with Gasteiger partial charge in [-0.25, -0.2) is 0 Å². The minimum atomic E-state index is -0.373. The van der Waals surface area contributed by atoms with E-state index in [1.165, 1.54) is 4.90 Å². The number of nitrogens with zero attached hydrogens (tertiary/aromatic N) is 2. The van der Waals surface area contributed by atoms with Crippen LogP contribution < -0.4 is 0 Å². The van der Waals surface area contributed by atoms with Crippen LogP contribution in [-0.2, 0) is 9.59 Å². The van der Waals surface area contributed by atoms with E-state index in [9.17, 15) is 9.59 Å². The molecule has 0 aromatic heterocycles. The summed E-state index contributed by atoms with van der Waals surface area (Å²) >= 11 is 0. The average Bonchev–Trinajstić information content (AvgIpc) is 2.88. The Kier molecular flexibility index (Phi) is 3.43. The molecule has 2 aliphatic rings. The summed E-state index contributed by atoms with van der Waals surface area (Å²) in [7, 11) is 0. The number of fused-ring (bicyclic) bond motifs is 1. The van der Waals surface area contributed by atoms with E-state index in [-0.39, 0.29) is 29.1 Å². The monoisotopic (exact) mass is 248 g/mol. The Morgan fingerprint density at radius 3 is 2.33 bits per heavy atom. The molecule has 2 fully saturated rings. The highest BCUT2D eigenvalue weighted by atomic mass is 16.2. The molecule has 2 unspecified atom stereocenters. The van der Waals surface area contributed by atoms with Gasteiger partial charge >= 0.3 is 0 Å². The molecular weight excluding hydrogens is 228 g/mol. The van der Waals surface area contributed by atoms with E-state index in [0.717, 1.165) is 32.1 Å². The lowest BCUT2D eigenvalue weighted by atomic mass is 9.90. The summed E-state index contributed by atoms with van der Waals surface area (Å²) in [5.74, 6) is -0.0301. The molecule has 0 N–H and O–H groups in total. The third kappa shape index (κ3) is 2.27. The van der Waals surface area contributed by atoms with Gasteiger partial charge in [-0.3, -0.25) is 14.5 Å². The first-order chi connectivity index (χ1) is 8.46. The van der Waals surface area contributed by atoms with Crippen molar-refractivity contribution in [2.24, 2.45) is 17.3 Å². The van der Waals surface area contributed by atoms with E-state index in [2.05, 4.69) is 6.07 Å². The number of carbonyl (C=O) groups excluding carboxylic acids is 2. The average molecular weight is 248 g/mol. The van der Waals surface area contributed by atoms with Crippen molar-refractivity contribution >= 4 is 11.8 Å². The Morgan fingerprint density at radius 1 is 1.28 bits per heavy atom. The molecule has 1 aliphatic carbocycles. The van der Waals surface area contributed by atoms with Crippen LogP contribution in [0.15, 0.2) is 0 Å². The molecule has 18 heavy (non-hydrogen) atoms. The number of hydrogen-bond acceptors (Lipinski definition) is 3. The highest BCUT2D eigenvalue weighted by Crippen LogP contribution is 2.39. The Labute approximate surface area is 108 Å². The minimum Gasteiger partial charge on any atom is -0.282 e. The second kappa shape index (κ2) is 4.72. The van der Waals surface area contributed by atoms with Gasteiger partial charge in [-0.15, -0.1) is 0 Å². The number of amides is 2. The normalized spacial score (nSPS) is 27.5. The van der Waals surface area contributed by atoms with Gasteiger partial charge in [0.1, 0.15) is 0 Å². The quantitative estimate of drug-likeness (QED) is 0.716. The second-order valence-corrected chi connectivity index (χ2v) is 6.07. The van der Waals surface area contributed by atoms with Crippen molar-refractivity contribution in [2.45, 2.75) is 46.0 Å². The molecule has 0 spiro atoms. The third-order valence-electron chi connectivity index (χ3n) is 4.17. The molecule has 2 rings (SSSR count). The number of hydrogen-bond donors (Lipinski definition) is 0. The predicted octanol–water partition coefficient (Wildman–Crippen LogP) is 2.10. The SMILES string of the molecule is CC(C)(C#N)CCCN1C(=O)C2CCCC2C1=O. The maximum absolute atomic E-state index is 12.1. The van der Waals surface area contributed by atoms with E-state index in [4.69, 9.17) is 5.26 Å². The van der Waals surface area contributed by atoms with Crippen LogP contribution in [0.25, 0.3) is 0 Å². The van der Waals surface area contributed by atoms with Gasteiger partial charge in [-0.05, 0) is 39.5 Å². The van der Waals surface area contributed by atoms with Gasteiger partial charge in [-0.1, -0.05) is 6.42 Å². The minimum absolute atomic E-state index is 0.0252. The van der Waals surface area contributed by atoms with Crippen molar-refractivity contribution in [1.82, 2.24) is 4.90 Å². The van der Waals surface area contributed by atoms with Gasteiger partial charge < -0.3 is 0 Å². The lowest BCUT2D eigenvalue weighted by Crippen LogP contribution is -2.33. The largest absolute Gasteiger partial charge is 0.282 e. The second-order valence-electron chi connectivity index (χ2n) is 6.07. The molecule has 98 valence electrons. The van der Waals surface area contributed by atoms with Gasteiger partial charge in [0.15, 0.2) is 0 Å². The molecule has 0 bridgehead atoms. The fraction of sp³-hybridized carbons (Fsp3) is 0.786. The number of carbonyl (C=O) groups is 2. The Hall–Kier alpha value is -1.37. The summed E-state index contributed by atoms with van der Waals surface area (Å²) in [6.07, 6.45) is 4.18. The molecule has 4 heteroatoms. The molecule has 0 radical (unpaired) electrons. The van der Waals surface area contributed by atoms with Crippen LogP contribution in [0.5, 0.6) is 0 Å². The molecule has 0 aromatic rings. The smallest absolute Gasteiger partial charge is 0.233 e. The van der Waals surface area contributed by atoms with Crippen molar-refractivity contribution in [1.29, 1.82) is 5.26 Å². The van der Waals surface area contributed by atoms with Crippen LogP contribution in [0.3, 0.4) is 0 Å². The fourth-order valence-corrected chi connectivity index (χ4v) is 3.02. The van der Waals surface area contributed by atoms with Crippen LogP contribution in [0.2, 0.25) is 0 Å². The van der Waals surface area contributed by atoms with E-state index < -0.39 is 0 Å². The van der Waals surface area contributed by atoms with E-state index >= 15 is 0 Å². The third-order valence-corrected chi connectivity index (χ3v) is 4.17. The summed E-state index contributed by atoms with van der Waals surface area (Å²) in [6, 6.07) is 2.24. The maximum Gasteiger partial charge on any atom is 0.233 e. The lowest BCUT2D eigenvalue weighted by Gasteiger charge is -2.19. The summed E-state index contributed by atoms with van der Waals surface area (Å²) in [5, 5.41) is 8.92. The number of likely N-dealkylation sites (tertiary alicyclic amines) is 1. The van der Waals surface area contributed by atoms with Gasteiger partial charge in [-0.2, -0.15) is 5.26 Å². The Bertz CT molecular complexity index is 387. The summed E-state index contributed by atoms with van der Waals surface area (Å²) in [6.45, 7) is 4.25. The summed E-state index contributed by atoms with van der Waals surface area (Å²) in [5.41, 5.74) is -0.373. The van der Waals surface area contributed by atoms with Gasteiger partial charge in [0, 0.05) is 6.54 Å². The molecule has 2 atom stereocenters. The topological polar surface area (TPSA) is 61.2 Å². The van der Waals surface area contributed by atoms with E-state index in [0.29, 0.717) is 6.54 Å². The molecule has 1 heterocycles. The van der Waals surface area contributed by atoms with E-state index in [1.54, 1.807) is 0 Å². The number of rotatable bonds is 4. The van der Waals surface area contributed by atoms with E-state index in [1.807, 2.05) is 13.8 Å². The van der Waals surface area contributed by atoms with Crippen LogP contribution in [0.4, 0.5) is 0 Å². The van der Waals surface area contributed by atoms with Crippen molar-refractivity contribution < 1.29 is 9.59 Å².